The lowest BCUT2D eigenvalue weighted by Gasteiger charge is -2.45. The number of carbonyl (C=O) groups is 1. The van der Waals surface area contributed by atoms with E-state index in [1.807, 2.05) is 0 Å². The Hall–Kier alpha value is -1.66. The number of nitrogens with two attached hydrogens (primary N) is 1. The number of hydrogen-bond acceptors (Lipinski definition) is 4. The van der Waals surface area contributed by atoms with Gasteiger partial charge in [-0.3, -0.25) is 0 Å². The van der Waals surface area contributed by atoms with Crippen LogP contribution in [0.3, 0.4) is 0 Å². The van der Waals surface area contributed by atoms with Crippen molar-refractivity contribution in [1.29, 1.82) is 0 Å². The lowest BCUT2D eigenvalue weighted by molar-refractivity contribution is -0.00637. The summed E-state index contributed by atoms with van der Waals surface area (Å²) in [6, 6.07) is 6.93. The van der Waals surface area contributed by atoms with Crippen molar-refractivity contribution >= 4 is 29.0 Å². The third-order valence-electron chi connectivity index (χ3n) is 3.81. The number of ether oxygens (including phenoxy) is 1. The van der Waals surface area contributed by atoms with Crippen LogP contribution in [0.4, 0.5) is 5.69 Å². The van der Waals surface area contributed by atoms with Gasteiger partial charge in [0.15, 0.2) is 5.11 Å². The average molecular weight is 335 g/mol. The summed E-state index contributed by atoms with van der Waals surface area (Å²) in [6.07, 6.45) is 1.50. The molecule has 1 saturated heterocycles. The van der Waals surface area contributed by atoms with Crippen LogP contribution in [0.5, 0.6) is 0 Å². The predicted molar refractivity (Wildman–Crippen MR) is 96.6 cm³/mol. The molecule has 1 heterocycles. The molecule has 0 aromatic heterocycles. The fourth-order valence-corrected chi connectivity index (χ4v) is 3.48. The van der Waals surface area contributed by atoms with E-state index in [0.29, 0.717) is 5.56 Å². The maximum absolute atomic E-state index is 12.4. The summed E-state index contributed by atoms with van der Waals surface area (Å²) in [5.74, 6) is -0.301. The number of hydrogen-bond donors (Lipinski definition) is 3. The maximum Gasteiger partial charge on any atom is 0.338 e. The normalized spacial score (nSPS) is 19.8. The highest BCUT2D eigenvalue weighted by Crippen LogP contribution is 2.30. The smallest absolute Gasteiger partial charge is 0.338 e. The van der Waals surface area contributed by atoms with Gasteiger partial charge in [-0.2, -0.15) is 0 Å². The summed E-state index contributed by atoms with van der Waals surface area (Å²) in [7, 11) is 0. The van der Waals surface area contributed by atoms with Gasteiger partial charge in [-0.15, -0.1) is 0 Å². The van der Waals surface area contributed by atoms with Gasteiger partial charge in [0.2, 0.25) is 0 Å². The first-order chi connectivity index (χ1) is 10.6. The van der Waals surface area contributed by atoms with Crippen LogP contribution < -0.4 is 16.4 Å². The second-order valence-corrected chi connectivity index (χ2v) is 7.83. The van der Waals surface area contributed by atoms with Crippen LogP contribution in [-0.4, -0.2) is 28.3 Å². The number of esters is 1. The van der Waals surface area contributed by atoms with Gasteiger partial charge in [-0.25, -0.2) is 4.79 Å². The van der Waals surface area contributed by atoms with Crippen LogP contribution in [0.1, 0.15) is 50.9 Å². The lowest BCUT2D eigenvalue weighted by atomic mass is 9.81. The summed E-state index contributed by atoms with van der Waals surface area (Å²) in [5.41, 5.74) is 6.57. The molecule has 1 aromatic carbocycles. The van der Waals surface area contributed by atoms with Gasteiger partial charge in [-0.05, 0) is 64.2 Å². The second-order valence-electron chi connectivity index (χ2n) is 7.39. The lowest BCUT2D eigenvalue weighted by Crippen LogP contribution is -2.59. The summed E-state index contributed by atoms with van der Waals surface area (Å²) in [6.45, 7) is 8.52. The fourth-order valence-electron chi connectivity index (χ4n) is 3.36. The molecule has 1 fully saturated rings. The van der Waals surface area contributed by atoms with E-state index in [4.69, 9.17) is 22.7 Å². The van der Waals surface area contributed by atoms with Crippen molar-refractivity contribution in [3.63, 3.8) is 0 Å². The van der Waals surface area contributed by atoms with Gasteiger partial charge in [0.1, 0.15) is 6.10 Å². The van der Waals surface area contributed by atoms with E-state index in [2.05, 4.69) is 38.3 Å². The van der Waals surface area contributed by atoms with Crippen molar-refractivity contribution in [3.05, 3.63) is 29.8 Å². The van der Waals surface area contributed by atoms with Crippen LogP contribution in [0.2, 0.25) is 0 Å². The first-order valence-electron chi connectivity index (χ1n) is 7.73. The van der Waals surface area contributed by atoms with Crippen molar-refractivity contribution in [2.45, 2.75) is 57.7 Å². The highest BCUT2D eigenvalue weighted by atomic mass is 32.1. The van der Waals surface area contributed by atoms with E-state index in [9.17, 15) is 4.79 Å². The molecule has 126 valence electrons. The molecule has 1 aromatic rings. The Bertz CT molecular complexity index is 580. The molecular formula is C17H25N3O2S. The van der Waals surface area contributed by atoms with Crippen molar-refractivity contribution in [2.24, 2.45) is 5.73 Å². The average Bonchev–Trinajstić information content (AvgIpc) is 2.34. The van der Waals surface area contributed by atoms with Crippen LogP contribution in [-0.2, 0) is 4.74 Å². The zero-order chi connectivity index (χ0) is 17.3. The first-order valence-corrected chi connectivity index (χ1v) is 8.14. The third-order valence-corrected chi connectivity index (χ3v) is 3.92. The van der Waals surface area contributed by atoms with Crippen LogP contribution >= 0.6 is 12.2 Å². The molecule has 0 atom stereocenters. The molecule has 0 amide bonds. The van der Waals surface area contributed by atoms with Gasteiger partial charge in [-0.1, -0.05) is 0 Å². The molecule has 23 heavy (non-hydrogen) atoms. The molecule has 0 aliphatic carbocycles. The maximum atomic E-state index is 12.4. The Kier molecular flexibility index (Phi) is 4.96. The highest BCUT2D eigenvalue weighted by molar-refractivity contribution is 7.80. The Balaban J connectivity index is 2.02. The minimum absolute atomic E-state index is 0.0582. The van der Waals surface area contributed by atoms with Gasteiger partial charge >= 0.3 is 5.97 Å². The number of benzene rings is 1. The highest BCUT2D eigenvalue weighted by Gasteiger charge is 2.39. The van der Waals surface area contributed by atoms with E-state index in [1.165, 1.54) is 0 Å². The van der Waals surface area contributed by atoms with E-state index < -0.39 is 0 Å². The molecule has 2 rings (SSSR count). The van der Waals surface area contributed by atoms with Gasteiger partial charge in [0.25, 0.3) is 0 Å². The van der Waals surface area contributed by atoms with Crippen molar-refractivity contribution < 1.29 is 9.53 Å². The third kappa shape index (κ3) is 5.18. The summed E-state index contributed by atoms with van der Waals surface area (Å²) < 4.78 is 5.72. The van der Waals surface area contributed by atoms with E-state index in [0.717, 1.165) is 18.5 Å². The molecular weight excluding hydrogens is 310 g/mol. The molecule has 0 bridgehead atoms. The number of anilines is 1. The predicted octanol–water partition coefficient (Wildman–Crippen LogP) is 2.81. The number of piperidine rings is 1. The zero-order valence-electron chi connectivity index (χ0n) is 14.1. The molecule has 0 spiro atoms. The molecule has 1 aliphatic rings. The van der Waals surface area contributed by atoms with Crippen molar-refractivity contribution in [3.8, 4) is 0 Å². The van der Waals surface area contributed by atoms with Crippen molar-refractivity contribution in [2.75, 3.05) is 5.32 Å². The summed E-state index contributed by atoms with van der Waals surface area (Å²) >= 11 is 4.78. The number of thiocarbonyl (C=S) groups is 1. The monoisotopic (exact) mass is 335 g/mol. The Labute approximate surface area is 143 Å². The van der Waals surface area contributed by atoms with Gasteiger partial charge in [0.05, 0.1) is 5.56 Å². The minimum atomic E-state index is -0.301. The van der Waals surface area contributed by atoms with Crippen LogP contribution in [0.15, 0.2) is 24.3 Å². The number of nitrogens with one attached hydrogen (secondary N) is 2. The largest absolute Gasteiger partial charge is 0.459 e. The molecule has 5 nitrogen and oxygen atoms in total. The van der Waals surface area contributed by atoms with Crippen LogP contribution in [0.25, 0.3) is 0 Å². The topological polar surface area (TPSA) is 76.4 Å². The summed E-state index contributed by atoms with van der Waals surface area (Å²) in [4.78, 5) is 12.4. The zero-order valence-corrected chi connectivity index (χ0v) is 14.9. The molecule has 0 unspecified atom stereocenters. The van der Waals surface area contributed by atoms with E-state index in [1.54, 1.807) is 24.3 Å². The Morgan fingerprint density at radius 1 is 1.22 bits per heavy atom. The number of carbonyl (C=O) groups excluding carboxylic acids is 1. The molecule has 1 aliphatic heterocycles. The quantitative estimate of drug-likeness (QED) is 0.582. The fraction of sp³-hybridized carbons (Fsp3) is 0.529. The Morgan fingerprint density at radius 2 is 1.74 bits per heavy atom. The van der Waals surface area contributed by atoms with E-state index in [-0.39, 0.29) is 28.3 Å². The standard InChI is InChI=1S/C17H25N3O2S/c1-16(2)9-13(10-17(3,4)20-16)22-14(21)11-5-7-12(8-6-11)19-15(18)23/h5-8,13,20H,9-10H2,1-4H3,(H3,18,19,23). The second kappa shape index (κ2) is 6.45. The number of rotatable bonds is 3. The molecule has 0 radical (unpaired) electrons. The van der Waals surface area contributed by atoms with Gasteiger partial charge < -0.3 is 21.1 Å². The summed E-state index contributed by atoms with van der Waals surface area (Å²) in [5, 5.41) is 6.59. The Morgan fingerprint density at radius 3 is 2.22 bits per heavy atom. The van der Waals surface area contributed by atoms with Crippen LogP contribution in [0, 0.1) is 0 Å². The first kappa shape index (κ1) is 17.7. The molecule has 6 heteroatoms. The minimum Gasteiger partial charge on any atom is -0.459 e. The van der Waals surface area contributed by atoms with Crippen molar-refractivity contribution in [1.82, 2.24) is 5.32 Å². The molecule has 0 saturated carbocycles. The van der Waals surface area contributed by atoms with E-state index >= 15 is 0 Å². The van der Waals surface area contributed by atoms with Gasteiger partial charge in [0, 0.05) is 29.6 Å². The SMILES string of the molecule is CC1(C)CC(OC(=O)c2ccc(NC(N)=S)cc2)CC(C)(C)N1. The molecule has 4 N–H and O–H groups in total.